The molecule has 66 valence electrons. The molecule has 0 saturated carbocycles. The van der Waals surface area contributed by atoms with Crippen LogP contribution in [0, 0.1) is 0 Å². The monoisotopic (exact) mass is 159 g/mol. The van der Waals surface area contributed by atoms with E-state index >= 15 is 0 Å². The van der Waals surface area contributed by atoms with Crippen LogP contribution in [0.25, 0.3) is 0 Å². The van der Waals surface area contributed by atoms with Gasteiger partial charge in [-0.2, -0.15) is 0 Å². The highest BCUT2D eigenvalue weighted by Gasteiger charge is 2.10. The first-order valence-electron chi connectivity index (χ1n) is 4.11. The second-order valence-corrected chi connectivity index (χ2v) is 2.71. The van der Waals surface area contributed by atoms with Crippen LogP contribution in [-0.4, -0.2) is 23.5 Å². The Morgan fingerprint density at radius 3 is 2.64 bits per heavy atom. The second-order valence-electron chi connectivity index (χ2n) is 2.71. The number of unbranched alkanes of at least 4 members (excludes halogenated alkanes) is 2. The lowest BCUT2D eigenvalue weighted by atomic mass is 10.1. The van der Waals surface area contributed by atoms with E-state index in [1.807, 2.05) is 0 Å². The topological polar surface area (TPSA) is 63.3 Å². The Kier molecular flexibility index (Phi) is 6.07. The molecule has 0 aliphatic rings. The lowest BCUT2D eigenvalue weighted by Gasteiger charge is -2.05. The highest BCUT2D eigenvalue weighted by Crippen LogP contribution is 2.00. The summed E-state index contributed by atoms with van der Waals surface area (Å²) < 4.78 is 0. The van der Waals surface area contributed by atoms with Crippen molar-refractivity contribution in [1.29, 1.82) is 0 Å². The fourth-order valence-electron chi connectivity index (χ4n) is 0.836. The van der Waals surface area contributed by atoms with Crippen LogP contribution in [0.15, 0.2) is 0 Å². The molecule has 0 aromatic rings. The van der Waals surface area contributed by atoms with Gasteiger partial charge in [0.25, 0.3) is 0 Å². The third-order valence-corrected chi connectivity index (χ3v) is 1.64. The summed E-state index contributed by atoms with van der Waals surface area (Å²) in [5.74, 6) is -0.0269. The van der Waals surface area contributed by atoms with Crippen LogP contribution >= 0.6 is 0 Å². The predicted molar refractivity (Wildman–Crippen MR) is 44.2 cm³/mol. The van der Waals surface area contributed by atoms with Gasteiger partial charge < -0.3 is 10.8 Å². The summed E-state index contributed by atoms with van der Waals surface area (Å²) in [7, 11) is 0. The zero-order valence-corrected chi connectivity index (χ0v) is 7.05. The van der Waals surface area contributed by atoms with Crippen LogP contribution in [0.5, 0.6) is 0 Å². The Hall–Kier alpha value is -0.410. The molecule has 0 amide bonds. The Labute approximate surface area is 67.6 Å². The molecule has 0 bridgehead atoms. The second kappa shape index (κ2) is 6.31. The first-order valence-corrected chi connectivity index (χ1v) is 4.11. The summed E-state index contributed by atoms with van der Waals surface area (Å²) >= 11 is 0. The zero-order chi connectivity index (χ0) is 8.69. The number of nitrogens with two attached hydrogens (primary N) is 1. The van der Waals surface area contributed by atoms with Crippen molar-refractivity contribution in [3.05, 3.63) is 0 Å². The van der Waals surface area contributed by atoms with E-state index in [-0.39, 0.29) is 12.4 Å². The van der Waals surface area contributed by atoms with Gasteiger partial charge in [-0.25, -0.2) is 0 Å². The fourth-order valence-corrected chi connectivity index (χ4v) is 0.836. The minimum Gasteiger partial charge on any atom is -0.394 e. The standard InChI is InChI=1S/C8H17NO2/c1-2-3-4-5-8(11)7(9)6-10/h7,10H,2-6,9H2,1H3/t7-/m0/s1. The first kappa shape index (κ1) is 10.6. The number of carbonyl (C=O) groups excluding carboxylic acids is 1. The van der Waals surface area contributed by atoms with Gasteiger partial charge in [0.2, 0.25) is 0 Å². The minimum absolute atomic E-state index is 0.0269. The Bertz CT molecular complexity index is 115. The fraction of sp³-hybridized carbons (Fsp3) is 0.875. The summed E-state index contributed by atoms with van der Waals surface area (Å²) in [6, 6.07) is -0.660. The van der Waals surface area contributed by atoms with Crippen molar-refractivity contribution in [2.45, 2.75) is 38.6 Å². The molecule has 0 unspecified atom stereocenters. The lowest BCUT2D eigenvalue weighted by molar-refractivity contribution is -0.121. The average molecular weight is 159 g/mol. The third kappa shape index (κ3) is 4.93. The highest BCUT2D eigenvalue weighted by molar-refractivity contribution is 5.83. The molecular weight excluding hydrogens is 142 g/mol. The van der Waals surface area contributed by atoms with Crippen molar-refractivity contribution in [2.24, 2.45) is 5.73 Å². The number of carbonyl (C=O) groups is 1. The maximum Gasteiger partial charge on any atom is 0.151 e. The molecule has 0 rings (SSSR count). The summed E-state index contributed by atoms with van der Waals surface area (Å²) in [6.45, 7) is 1.85. The molecule has 0 radical (unpaired) electrons. The quantitative estimate of drug-likeness (QED) is 0.553. The van der Waals surface area contributed by atoms with Crippen molar-refractivity contribution in [2.75, 3.05) is 6.61 Å². The third-order valence-electron chi connectivity index (χ3n) is 1.64. The lowest BCUT2D eigenvalue weighted by Crippen LogP contribution is -2.33. The SMILES string of the molecule is CCCCCC(=O)[C@@H](N)CO. The maximum atomic E-state index is 11.0. The maximum absolute atomic E-state index is 11.0. The van der Waals surface area contributed by atoms with E-state index in [9.17, 15) is 4.79 Å². The number of hydrogen-bond donors (Lipinski definition) is 2. The molecule has 0 aromatic carbocycles. The first-order chi connectivity index (χ1) is 5.22. The van der Waals surface area contributed by atoms with Crippen LogP contribution in [0.4, 0.5) is 0 Å². The van der Waals surface area contributed by atoms with E-state index < -0.39 is 6.04 Å². The number of ketones is 1. The van der Waals surface area contributed by atoms with Crippen molar-refractivity contribution in [1.82, 2.24) is 0 Å². The van der Waals surface area contributed by atoms with Gasteiger partial charge in [0.15, 0.2) is 5.78 Å². The van der Waals surface area contributed by atoms with Gasteiger partial charge in [-0.15, -0.1) is 0 Å². The average Bonchev–Trinajstić information content (AvgIpc) is 2.03. The van der Waals surface area contributed by atoms with Gasteiger partial charge >= 0.3 is 0 Å². The molecule has 3 nitrogen and oxygen atoms in total. The molecule has 0 aromatic heterocycles. The minimum atomic E-state index is -0.660. The summed E-state index contributed by atoms with van der Waals surface area (Å²) in [4.78, 5) is 11.0. The summed E-state index contributed by atoms with van der Waals surface area (Å²) in [5.41, 5.74) is 5.30. The highest BCUT2D eigenvalue weighted by atomic mass is 16.3. The molecule has 0 spiro atoms. The summed E-state index contributed by atoms with van der Waals surface area (Å²) in [5, 5.41) is 8.52. The molecule has 11 heavy (non-hydrogen) atoms. The molecular formula is C8H17NO2. The van der Waals surface area contributed by atoms with Crippen LogP contribution in [-0.2, 0) is 4.79 Å². The van der Waals surface area contributed by atoms with Crippen LogP contribution in [0.3, 0.4) is 0 Å². The smallest absolute Gasteiger partial charge is 0.151 e. The van der Waals surface area contributed by atoms with Crippen LogP contribution < -0.4 is 5.73 Å². The number of hydrogen-bond acceptors (Lipinski definition) is 3. The van der Waals surface area contributed by atoms with E-state index in [2.05, 4.69) is 6.92 Å². The molecule has 0 saturated heterocycles. The van der Waals surface area contributed by atoms with Crippen molar-refractivity contribution in [3.8, 4) is 0 Å². The van der Waals surface area contributed by atoms with Crippen LogP contribution in [0.1, 0.15) is 32.6 Å². The molecule has 0 aliphatic heterocycles. The number of aliphatic hydroxyl groups excluding tert-OH is 1. The molecule has 0 heterocycles. The van der Waals surface area contributed by atoms with Crippen molar-refractivity contribution < 1.29 is 9.90 Å². The number of Topliss-reactive ketones (excluding diaryl/α,β-unsaturated/α-hetero) is 1. The normalized spacial score (nSPS) is 13.0. The molecule has 0 aliphatic carbocycles. The van der Waals surface area contributed by atoms with Gasteiger partial charge in [0.05, 0.1) is 12.6 Å². The molecule has 1 atom stereocenters. The van der Waals surface area contributed by atoms with Crippen molar-refractivity contribution in [3.63, 3.8) is 0 Å². The van der Waals surface area contributed by atoms with Gasteiger partial charge in [-0.3, -0.25) is 4.79 Å². The Balaban J connectivity index is 3.36. The van der Waals surface area contributed by atoms with Crippen molar-refractivity contribution >= 4 is 5.78 Å². The van der Waals surface area contributed by atoms with Gasteiger partial charge in [0.1, 0.15) is 0 Å². The van der Waals surface area contributed by atoms with Gasteiger partial charge in [0, 0.05) is 6.42 Å². The van der Waals surface area contributed by atoms with Crippen LogP contribution in [0.2, 0.25) is 0 Å². The van der Waals surface area contributed by atoms with E-state index in [0.717, 1.165) is 19.3 Å². The predicted octanol–water partition coefficient (Wildman–Crippen LogP) is 0.455. The van der Waals surface area contributed by atoms with E-state index in [1.165, 1.54) is 0 Å². The van der Waals surface area contributed by atoms with Gasteiger partial charge in [-0.1, -0.05) is 19.8 Å². The number of rotatable bonds is 6. The largest absolute Gasteiger partial charge is 0.394 e. The van der Waals surface area contributed by atoms with E-state index in [0.29, 0.717) is 6.42 Å². The van der Waals surface area contributed by atoms with Gasteiger partial charge in [-0.05, 0) is 6.42 Å². The Morgan fingerprint density at radius 1 is 1.55 bits per heavy atom. The zero-order valence-electron chi connectivity index (χ0n) is 7.05. The Morgan fingerprint density at radius 2 is 2.18 bits per heavy atom. The van der Waals surface area contributed by atoms with E-state index in [4.69, 9.17) is 10.8 Å². The summed E-state index contributed by atoms with van der Waals surface area (Å²) in [6.07, 6.45) is 3.56. The molecule has 3 heteroatoms. The number of aliphatic hydroxyl groups is 1. The molecule has 3 N–H and O–H groups in total. The van der Waals surface area contributed by atoms with E-state index in [1.54, 1.807) is 0 Å². The molecule has 0 fully saturated rings.